The SMILES string of the molecule is CC(N)c1ccc(N2CC=C(C(F)(F)F)CC2)cc1Cl. The summed E-state index contributed by atoms with van der Waals surface area (Å²) in [5.41, 5.74) is 6.97. The summed E-state index contributed by atoms with van der Waals surface area (Å²) in [5, 5.41) is 0.545. The molecule has 6 heteroatoms. The van der Waals surface area contributed by atoms with Gasteiger partial charge in [0.1, 0.15) is 0 Å². The first kappa shape index (κ1) is 15.2. The molecule has 1 heterocycles. The average Bonchev–Trinajstić information content (AvgIpc) is 2.37. The molecule has 0 radical (unpaired) electrons. The van der Waals surface area contributed by atoms with E-state index in [1.54, 1.807) is 6.07 Å². The number of nitrogens with zero attached hydrogens (tertiary/aromatic N) is 1. The third kappa shape index (κ3) is 3.27. The fourth-order valence-electron chi connectivity index (χ4n) is 2.24. The highest BCUT2D eigenvalue weighted by Gasteiger charge is 2.34. The summed E-state index contributed by atoms with van der Waals surface area (Å²) < 4.78 is 37.7. The standard InChI is InChI=1S/C14H16ClF3N2/c1-9(19)12-3-2-11(8-13(12)15)20-6-4-10(5-7-20)14(16,17)18/h2-4,8-9H,5-7,19H2,1H3. The Kier molecular flexibility index (Phi) is 4.30. The lowest BCUT2D eigenvalue weighted by atomic mass is 10.1. The maximum absolute atomic E-state index is 12.6. The quantitative estimate of drug-likeness (QED) is 0.835. The summed E-state index contributed by atoms with van der Waals surface area (Å²) in [5.74, 6) is 0. The maximum atomic E-state index is 12.6. The zero-order valence-corrected chi connectivity index (χ0v) is 11.8. The van der Waals surface area contributed by atoms with Gasteiger partial charge in [-0.1, -0.05) is 23.7 Å². The first-order valence-corrected chi connectivity index (χ1v) is 6.73. The first-order valence-electron chi connectivity index (χ1n) is 6.35. The molecule has 0 bridgehead atoms. The van der Waals surface area contributed by atoms with Crippen LogP contribution in [0.5, 0.6) is 0 Å². The Hall–Kier alpha value is -1.20. The Balaban J connectivity index is 2.15. The van der Waals surface area contributed by atoms with Gasteiger partial charge in [0.05, 0.1) is 0 Å². The molecule has 1 aliphatic rings. The molecule has 1 aromatic rings. The van der Waals surface area contributed by atoms with E-state index in [0.717, 1.165) is 11.3 Å². The summed E-state index contributed by atoms with van der Waals surface area (Å²) in [6.45, 7) is 2.40. The molecule has 1 unspecified atom stereocenters. The smallest absolute Gasteiger partial charge is 0.367 e. The van der Waals surface area contributed by atoms with Crippen LogP contribution >= 0.6 is 11.6 Å². The van der Waals surface area contributed by atoms with E-state index in [0.29, 0.717) is 11.6 Å². The van der Waals surface area contributed by atoms with Crippen LogP contribution in [0.3, 0.4) is 0 Å². The van der Waals surface area contributed by atoms with Gasteiger partial charge in [-0.25, -0.2) is 0 Å². The number of rotatable bonds is 2. The summed E-state index contributed by atoms with van der Waals surface area (Å²) in [6.07, 6.45) is -2.99. The van der Waals surface area contributed by atoms with Crippen LogP contribution in [-0.2, 0) is 0 Å². The topological polar surface area (TPSA) is 29.3 Å². The largest absolute Gasteiger partial charge is 0.412 e. The number of anilines is 1. The van der Waals surface area contributed by atoms with E-state index < -0.39 is 11.7 Å². The van der Waals surface area contributed by atoms with Crippen molar-refractivity contribution in [3.8, 4) is 0 Å². The second kappa shape index (κ2) is 5.66. The van der Waals surface area contributed by atoms with E-state index in [4.69, 9.17) is 17.3 Å². The van der Waals surface area contributed by atoms with Crippen molar-refractivity contribution < 1.29 is 13.2 Å². The Labute approximate surface area is 121 Å². The summed E-state index contributed by atoms with van der Waals surface area (Å²) in [4.78, 5) is 1.87. The predicted octanol–water partition coefficient (Wildman–Crippen LogP) is 4.06. The molecule has 20 heavy (non-hydrogen) atoms. The van der Waals surface area contributed by atoms with Crippen LogP contribution in [0.2, 0.25) is 5.02 Å². The van der Waals surface area contributed by atoms with E-state index in [-0.39, 0.29) is 19.0 Å². The van der Waals surface area contributed by atoms with Crippen molar-refractivity contribution in [2.45, 2.75) is 25.6 Å². The molecule has 2 N–H and O–H groups in total. The Morgan fingerprint density at radius 3 is 2.50 bits per heavy atom. The average molecular weight is 305 g/mol. The lowest BCUT2D eigenvalue weighted by molar-refractivity contribution is -0.0943. The fourth-order valence-corrected chi connectivity index (χ4v) is 2.59. The minimum absolute atomic E-state index is 0.00381. The van der Waals surface area contributed by atoms with Gasteiger partial charge in [-0.05, 0) is 31.0 Å². The number of alkyl halides is 3. The van der Waals surface area contributed by atoms with Gasteiger partial charge in [-0.15, -0.1) is 0 Å². The summed E-state index contributed by atoms with van der Waals surface area (Å²) in [6, 6.07) is 5.25. The zero-order valence-electron chi connectivity index (χ0n) is 11.0. The Morgan fingerprint density at radius 2 is 2.05 bits per heavy atom. The minimum Gasteiger partial charge on any atom is -0.367 e. The lowest BCUT2D eigenvalue weighted by Gasteiger charge is -2.29. The molecule has 0 saturated carbocycles. The van der Waals surface area contributed by atoms with Crippen molar-refractivity contribution >= 4 is 17.3 Å². The molecule has 2 nitrogen and oxygen atoms in total. The van der Waals surface area contributed by atoms with Crippen LogP contribution in [0.4, 0.5) is 18.9 Å². The van der Waals surface area contributed by atoms with Crippen molar-refractivity contribution in [1.82, 2.24) is 0 Å². The third-order valence-electron chi connectivity index (χ3n) is 3.41. The summed E-state index contributed by atoms with van der Waals surface area (Å²) in [7, 11) is 0. The lowest BCUT2D eigenvalue weighted by Crippen LogP contribution is -2.31. The van der Waals surface area contributed by atoms with E-state index in [1.807, 2.05) is 24.0 Å². The van der Waals surface area contributed by atoms with Crippen molar-refractivity contribution in [3.05, 3.63) is 40.4 Å². The summed E-state index contributed by atoms with van der Waals surface area (Å²) >= 11 is 6.14. The van der Waals surface area contributed by atoms with E-state index in [2.05, 4.69) is 0 Å². The predicted molar refractivity (Wildman–Crippen MR) is 75.0 cm³/mol. The van der Waals surface area contributed by atoms with Crippen LogP contribution in [-0.4, -0.2) is 19.3 Å². The molecular formula is C14H16ClF3N2. The van der Waals surface area contributed by atoms with Gasteiger partial charge in [-0.3, -0.25) is 0 Å². The van der Waals surface area contributed by atoms with Gasteiger partial charge in [-0.2, -0.15) is 13.2 Å². The number of benzene rings is 1. The number of nitrogens with two attached hydrogens (primary N) is 1. The van der Waals surface area contributed by atoms with Gasteiger partial charge in [0.25, 0.3) is 0 Å². The van der Waals surface area contributed by atoms with Crippen LogP contribution < -0.4 is 10.6 Å². The highest BCUT2D eigenvalue weighted by atomic mass is 35.5. The molecule has 0 amide bonds. The Morgan fingerprint density at radius 1 is 1.35 bits per heavy atom. The van der Waals surface area contributed by atoms with Gasteiger partial charge >= 0.3 is 6.18 Å². The van der Waals surface area contributed by atoms with Gasteiger partial charge in [0, 0.05) is 35.4 Å². The molecule has 0 fully saturated rings. The number of hydrogen-bond donors (Lipinski definition) is 1. The maximum Gasteiger partial charge on any atom is 0.412 e. The molecule has 1 aromatic carbocycles. The monoisotopic (exact) mass is 304 g/mol. The van der Waals surface area contributed by atoms with E-state index in [9.17, 15) is 13.2 Å². The molecule has 0 saturated heterocycles. The molecule has 2 rings (SSSR count). The second-order valence-corrected chi connectivity index (χ2v) is 5.32. The fraction of sp³-hybridized carbons (Fsp3) is 0.429. The van der Waals surface area contributed by atoms with E-state index in [1.165, 1.54) is 6.08 Å². The van der Waals surface area contributed by atoms with Crippen LogP contribution in [0.1, 0.15) is 24.9 Å². The van der Waals surface area contributed by atoms with Crippen molar-refractivity contribution in [1.29, 1.82) is 0 Å². The van der Waals surface area contributed by atoms with Crippen LogP contribution in [0.15, 0.2) is 29.8 Å². The first-order chi connectivity index (χ1) is 9.29. The van der Waals surface area contributed by atoms with Crippen LogP contribution in [0, 0.1) is 0 Å². The molecule has 1 atom stereocenters. The zero-order chi connectivity index (χ0) is 14.9. The second-order valence-electron chi connectivity index (χ2n) is 4.92. The van der Waals surface area contributed by atoms with Gasteiger partial charge < -0.3 is 10.6 Å². The Bertz CT molecular complexity index is 524. The third-order valence-corrected chi connectivity index (χ3v) is 3.74. The number of hydrogen-bond acceptors (Lipinski definition) is 2. The molecule has 0 spiro atoms. The van der Waals surface area contributed by atoms with E-state index >= 15 is 0 Å². The van der Waals surface area contributed by atoms with Crippen LogP contribution in [0.25, 0.3) is 0 Å². The van der Waals surface area contributed by atoms with Crippen molar-refractivity contribution in [3.63, 3.8) is 0 Å². The molecule has 0 aromatic heterocycles. The highest BCUT2D eigenvalue weighted by molar-refractivity contribution is 6.31. The molecule has 110 valence electrons. The van der Waals surface area contributed by atoms with Crippen molar-refractivity contribution in [2.24, 2.45) is 5.73 Å². The normalized spacial score (nSPS) is 17.9. The minimum atomic E-state index is -4.22. The molecule has 1 aliphatic heterocycles. The molecular weight excluding hydrogens is 289 g/mol. The highest BCUT2D eigenvalue weighted by Crippen LogP contribution is 2.33. The number of halogens is 4. The van der Waals surface area contributed by atoms with Gasteiger partial charge in [0.15, 0.2) is 0 Å². The van der Waals surface area contributed by atoms with Gasteiger partial charge in [0.2, 0.25) is 0 Å². The van der Waals surface area contributed by atoms with Crippen molar-refractivity contribution in [2.75, 3.05) is 18.0 Å². The molecule has 0 aliphatic carbocycles.